The average Bonchev–Trinajstić information content (AvgIpc) is 2.77. The molecule has 0 spiro atoms. The first-order valence-electron chi connectivity index (χ1n) is 11.2. The van der Waals surface area contributed by atoms with Crippen LogP contribution in [-0.4, -0.2) is 58.6 Å². The van der Waals surface area contributed by atoms with E-state index >= 15 is 0 Å². The van der Waals surface area contributed by atoms with Crippen molar-refractivity contribution in [2.24, 2.45) is 5.92 Å². The number of benzene rings is 2. The minimum Gasteiger partial charge on any atom is -0.394 e. The third kappa shape index (κ3) is 4.86. The highest BCUT2D eigenvalue weighted by Crippen LogP contribution is 2.43. The molecule has 0 saturated carbocycles. The Morgan fingerprint density at radius 2 is 1.88 bits per heavy atom. The van der Waals surface area contributed by atoms with E-state index in [-0.39, 0.29) is 42.9 Å². The van der Waals surface area contributed by atoms with Crippen molar-refractivity contribution in [2.75, 3.05) is 25.0 Å². The Kier molecular flexibility index (Phi) is 6.66. The number of hydrogen-bond acceptors (Lipinski definition) is 3. The highest BCUT2D eigenvalue weighted by molar-refractivity contribution is 5.93. The number of aliphatic hydroxyl groups is 1. The standard InChI is InChI=1S/C26H28FN3O3/c1-17(2)4-3-5-18-6-8-19(9-7-18)25-22-14-29(15-24(32)30(22)23(25)16-31)26(33)28-21-12-10-20(27)11-13-21/h6-13,17,22-23,25,31H,4,14-16H2,1-2H3,(H,28,33)/t22-,23-,25-/m1/s1. The van der Waals surface area contributed by atoms with Crippen molar-refractivity contribution in [2.45, 2.75) is 38.3 Å². The van der Waals surface area contributed by atoms with Crippen LogP contribution in [0.2, 0.25) is 0 Å². The Labute approximate surface area is 193 Å². The van der Waals surface area contributed by atoms with Crippen LogP contribution in [0.1, 0.15) is 37.3 Å². The lowest BCUT2D eigenvalue weighted by Gasteiger charge is -2.58. The van der Waals surface area contributed by atoms with Crippen LogP contribution >= 0.6 is 0 Å². The number of amides is 3. The van der Waals surface area contributed by atoms with Gasteiger partial charge in [-0.2, -0.15) is 0 Å². The molecule has 0 aromatic heterocycles. The molecule has 2 heterocycles. The molecule has 7 heteroatoms. The summed E-state index contributed by atoms with van der Waals surface area (Å²) in [6.07, 6.45) is 0.839. The molecule has 2 fully saturated rings. The summed E-state index contributed by atoms with van der Waals surface area (Å²) >= 11 is 0. The fraction of sp³-hybridized carbons (Fsp3) is 0.385. The zero-order valence-corrected chi connectivity index (χ0v) is 18.8. The van der Waals surface area contributed by atoms with Gasteiger partial charge in [0.1, 0.15) is 12.4 Å². The third-order valence-electron chi connectivity index (χ3n) is 6.17. The van der Waals surface area contributed by atoms with E-state index in [4.69, 9.17) is 0 Å². The Bertz CT molecular complexity index is 1070. The minimum atomic E-state index is -0.406. The molecule has 0 radical (unpaired) electrons. The number of urea groups is 1. The van der Waals surface area contributed by atoms with Crippen molar-refractivity contribution in [3.8, 4) is 11.8 Å². The van der Waals surface area contributed by atoms with Crippen molar-refractivity contribution in [1.29, 1.82) is 0 Å². The van der Waals surface area contributed by atoms with Gasteiger partial charge >= 0.3 is 6.03 Å². The number of piperazine rings is 1. The molecule has 2 aromatic rings. The molecule has 33 heavy (non-hydrogen) atoms. The minimum absolute atomic E-state index is 0.0584. The van der Waals surface area contributed by atoms with Crippen LogP contribution in [0.25, 0.3) is 0 Å². The van der Waals surface area contributed by atoms with Gasteiger partial charge in [0.15, 0.2) is 0 Å². The second kappa shape index (κ2) is 9.63. The van der Waals surface area contributed by atoms with Crippen molar-refractivity contribution in [1.82, 2.24) is 9.80 Å². The van der Waals surface area contributed by atoms with Crippen molar-refractivity contribution >= 4 is 17.6 Å². The number of anilines is 1. The van der Waals surface area contributed by atoms with E-state index in [0.717, 1.165) is 17.5 Å². The average molecular weight is 450 g/mol. The lowest BCUT2D eigenvalue weighted by molar-refractivity contribution is -0.159. The largest absolute Gasteiger partial charge is 0.394 e. The molecule has 0 unspecified atom stereocenters. The number of nitrogens with zero attached hydrogens (tertiary/aromatic N) is 2. The fourth-order valence-corrected chi connectivity index (χ4v) is 4.54. The summed E-state index contributed by atoms with van der Waals surface area (Å²) in [6, 6.07) is 12.5. The van der Waals surface area contributed by atoms with E-state index in [1.807, 2.05) is 24.3 Å². The monoisotopic (exact) mass is 449 g/mol. The number of carbonyl (C=O) groups excluding carboxylic acids is 2. The normalized spacial score (nSPS) is 21.7. The van der Waals surface area contributed by atoms with Gasteiger partial charge in [0.25, 0.3) is 0 Å². The zero-order valence-electron chi connectivity index (χ0n) is 18.8. The molecule has 2 aliphatic rings. The topological polar surface area (TPSA) is 72.9 Å². The third-order valence-corrected chi connectivity index (χ3v) is 6.17. The molecule has 4 rings (SSSR count). The van der Waals surface area contributed by atoms with Gasteiger partial charge in [-0.05, 0) is 47.9 Å². The first kappa shape index (κ1) is 22.8. The van der Waals surface area contributed by atoms with E-state index in [9.17, 15) is 19.1 Å². The Morgan fingerprint density at radius 1 is 1.18 bits per heavy atom. The number of halogens is 1. The molecule has 2 N–H and O–H groups in total. The van der Waals surface area contributed by atoms with E-state index in [2.05, 4.69) is 31.0 Å². The number of hydrogen-bond donors (Lipinski definition) is 2. The molecular weight excluding hydrogens is 421 g/mol. The molecule has 3 amide bonds. The first-order chi connectivity index (χ1) is 15.9. The summed E-state index contributed by atoms with van der Waals surface area (Å²) in [5.74, 6) is 6.22. The van der Waals surface area contributed by atoms with Gasteiger partial charge in [-0.15, -0.1) is 0 Å². The van der Waals surface area contributed by atoms with Crippen LogP contribution in [0.3, 0.4) is 0 Å². The van der Waals surface area contributed by atoms with Crippen LogP contribution < -0.4 is 5.32 Å². The first-order valence-corrected chi connectivity index (χ1v) is 11.2. The fourth-order valence-electron chi connectivity index (χ4n) is 4.54. The Hall–Kier alpha value is -3.37. The van der Waals surface area contributed by atoms with Crippen molar-refractivity contribution in [3.63, 3.8) is 0 Å². The van der Waals surface area contributed by atoms with Gasteiger partial charge in [0, 0.05) is 30.1 Å². The summed E-state index contributed by atoms with van der Waals surface area (Å²) in [4.78, 5) is 28.7. The zero-order chi connectivity index (χ0) is 23.5. The summed E-state index contributed by atoms with van der Waals surface area (Å²) < 4.78 is 13.1. The SMILES string of the molecule is CC(C)CC#Cc1ccc([C@H]2[C@@H](CO)N3C(=O)CN(C(=O)Nc4ccc(F)cc4)C[C@H]23)cc1. The smallest absolute Gasteiger partial charge is 0.322 e. The number of carbonyl (C=O) groups is 2. The van der Waals surface area contributed by atoms with E-state index in [1.54, 1.807) is 4.90 Å². The highest BCUT2D eigenvalue weighted by Gasteiger charge is 2.54. The quantitative estimate of drug-likeness (QED) is 0.703. The van der Waals surface area contributed by atoms with Crippen LogP contribution in [0, 0.1) is 23.6 Å². The molecule has 2 saturated heterocycles. The molecule has 2 aliphatic heterocycles. The van der Waals surface area contributed by atoms with Crippen LogP contribution in [0.4, 0.5) is 14.9 Å². The van der Waals surface area contributed by atoms with Crippen LogP contribution in [-0.2, 0) is 4.79 Å². The number of aliphatic hydroxyl groups excluding tert-OH is 1. The predicted molar refractivity (Wildman–Crippen MR) is 124 cm³/mol. The second-order valence-corrected chi connectivity index (χ2v) is 8.98. The molecule has 3 atom stereocenters. The Balaban J connectivity index is 1.47. The van der Waals surface area contributed by atoms with Gasteiger partial charge < -0.3 is 20.2 Å². The van der Waals surface area contributed by atoms with Gasteiger partial charge in [0.05, 0.1) is 18.7 Å². The van der Waals surface area contributed by atoms with E-state index in [0.29, 0.717) is 18.2 Å². The lowest BCUT2D eigenvalue weighted by Crippen LogP contribution is -2.73. The molecule has 2 aromatic carbocycles. The molecule has 6 nitrogen and oxygen atoms in total. The maximum absolute atomic E-state index is 13.1. The summed E-state index contributed by atoms with van der Waals surface area (Å²) in [5, 5.41) is 12.7. The molecule has 172 valence electrons. The summed E-state index contributed by atoms with van der Waals surface area (Å²) in [6.45, 7) is 4.42. The van der Waals surface area contributed by atoms with Crippen molar-refractivity contribution in [3.05, 3.63) is 65.5 Å². The van der Waals surface area contributed by atoms with Gasteiger partial charge in [0.2, 0.25) is 5.91 Å². The summed E-state index contributed by atoms with van der Waals surface area (Å²) in [7, 11) is 0. The highest BCUT2D eigenvalue weighted by atomic mass is 19.1. The van der Waals surface area contributed by atoms with Crippen molar-refractivity contribution < 1.29 is 19.1 Å². The Morgan fingerprint density at radius 3 is 2.52 bits per heavy atom. The predicted octanol–water partition coefficient (Wildman–Crippen LogP) is 3.43. The molecule has 0 aliphatic carbocycles. The maximum atomic E-state index is 13.1. The maximum Gasteiger partial charge on any atom is 0.322 e. The summed E-state index contributed by atoms with van der Waals surface area (Å²) in [5.41, 5.74) is 2.40. The van der Waals surface area contributed by atoms with Gasteiger partial charge in [-0.25, -0.2) is 9.18 Å². The van der Waals surface area contributed by atoms with Gasteiger partial charge in [-0.1, -0.05) is 37.8 Å². The van der Waals surface area contributed by atoms with E-state index < -0.39 is 6.03 Å². The van der Waals surface area contributed by atoms with Crippen LogP contribution in [0.15, 0.2) is 48.5 Å². The number of rotatable bonds is 4. The second-order valence-electron chi connectivity index (χ2n) is 8.98. The van der Waals surface area contributed by atoms with Crippen LogP contribution in [0.5, 0.6) is 0 Å². The molecule has 0 bridgehead atoms. The number of nitrogens with one attached hydrogen (secondary N) is 1. The lowest BCUT2D eigenvalue weighted by atomic mass is 9.73. The molecular formula is C26H28FN3O3. The van der Waals surface area contributed by atoms with Gasteiger partial charge in [-0.3, -0.25) is 4.79 Å². The number of fused-ring (bicyclic) bond motifs is 1. The van der Waals surface area contributed by atoms with E-state index in [1.165, 1.54) is 29.2 Å².